The molecule has 23 heavy (non-hydrogen) atoms. The minimum absolute atomic E-state index is 0.0371. The fourth-order valence-electron chi connectivity index (χ4n) is 1.99. The van der Waals surface area contributed by atoms with Gasteiger partial charge in [-0.1, -0.05) is 22.8 Å². The summed E-state index contributed by atoms with van der Waals surface area (Å²) in [4.78, 5) is 17.0. The van der Waals surface area contributed by atoms with E-state index in [2.05, 4.69) is 25.8 Å². The topological polar surface area (TPSA) is 92.9 Å². The van der Waals surface area contributed by atoms with Crippen LogP contribution in [0.2, 0.25) is 0 Å². The summed E-state index contributed by atoms with van der Waals surface area (Å²) in [6.07, 6.45) is 0. The van der Waals surface area contributed by atoms with Crippen LogP contribution in [0.3, 0.4) is 0 Å². The first-order valence-corrected chi connectivity index (χ1v) is 7.75. The van der Waals surface area contributed by atoms with Gasteiger partial charge in [0.15, 0.2) is 0 Å². The highest BCUT2D eigenvalue weighted by Gasteiger charge is 2.16. The van der Waals surface area contributed by atoms with Gasteiger partial charge in [-0.25, -0.2) is 9.78 Å². The van der Waals surface area contributed by atoms with Gasteiger partial charge in [-0.2, -0.15) is 0 Å². The average Bonchev–Trinajstić information content (AvgIpc) is 3.07. The van der Waals surface area contributed by atoms with Crippen molar-refractivity contribution in [3.8, 4) is 10.8 Å². The normalized spacial score (nSPS) is 10.6. The van der Waals surface area contributed by atoms with E-state index >= 15 is 0 Å². The minimum atomic E-state index is -0.443. The fourth-order valence-corrected chi connectivity index (χ4v) is 2.83. The molecule has 0 aliphatic rings. The molecule has 0 saturated heterocycles. The molecule has 2 heterocycles. The third-order valence-electron chi connectivity index (χ3n) is 3.05. The molecule has 0 spiro atoms. The second-order valence-electron chi connectivity index (χ2n) is 5.00. The number of aryl methyl sites for hydroxylation is 3. The van der Waals surface area contributed by atoms with Gasteiger partial charge in [0.1, 0.15) is 4.88 Å². The van der Waals surface area contributed by atoms with Crippen LogP contribution in [0.15, 0.2) is 28.7 Å². The van der Waals surface area contributed by atoms with Crippen LogP contribution >= 0.6 is 11.3 Å². The molecular weight excluding hydrogens is 314 g/mol. The summed E-state index contributed by atoms with van der Waals surface area (Å²) in [7, 11) is 0. The Kier molecular flexibility index (Phi) is 4.07. The maximum Gasteiger partial charge on any atom is 0.327 e. The molecular formula is C15H15N5O2S. The molecule has 0 saturated carbocycles. The van der Waals surface area contributed by atoms with Crippen LogP contribution in [-0.2, 0) is 0 Å². The number of thiazole rings is 1. The van der Waals surface area contributed by atoms with Gasteiger partial charge in [0.2, 0.25) is 0 Å². The van der Waals surface area contributed by atoms with Crippen molar-refractivity contribution >= 4 is 29.1 Å². The third kappa shape index (κ3) is 3.54. The minimum Gasteiger partial charge on any atom is -0.402 e. The van der Waals surface area contributed by atoms with Crippen LogP contribution in [0.5, 0.6) is 0 Å². The number of carbonyl (C=O) groups is 1. The molecule has 118 valence electrons. The van der Waals surface area contributed by atoms with Gasteiger partial charge in [0.05, 0.1) is 10.7 Å². The number of amides is 2. The highest BCUT2D eigenvalue weighted by Crippen LogP contribution is 2.29. The molecule has 0 aliphatic carbocycles. The van der Waals surface area contributed by atoms with E-state index in [9.17, 15) is 4.79 Å². The van der Waals surface area contributed by atoms with E-state index < -0.39 is 6.03 Å². The lowest BCUT2D eigenvalue weighted by Crippen LogP contribution is -2.19. The number of benzene rings is 1. The first-order chi connectivity index (χ1) is 11.0. The van der Waals surface area contributed by atoms with E-state index in [1.165, 1.54) is 11.3 Å². The number of urea groups is 1. The number of carbonyl (C=O) groups excluding carboxylic acids is 1. The Labute approximate surface area is 136 Å². The van der Waals surface area contributed by atoms with Gasteiger partial charge in [-0.15, -0.1) is 16.4 Å². The van der Waals surface area contributed by atoms with Crippen molar-refractivity contribution in [1.29, 1.82) is 0 Å². The van der Waals surface area contributed by atoms with Gasteiger partial charge in [-0.3, -0.25) is 5.32 Å². The van der Waals surface area contributed by atoms with Gasteiger partial charge in [0.25, 0.3) is 5.89 Å². The average molecular weight is 329 g/mol. The summed E-state index contributed by atoms with van der Waals surface area (Å²) in [6, 6.07) is 7.05. The molecule has 8 heteroatoms. The highest BCUT2D eigenvalue weighted by molar-refractivity contribution is 7.15. The van der Waals surface area contributed by atoms with Crippen molar-refractivity contribution in [2.45, 2.75) is 20.8 Å². The molecule has 7 nitrogen and oxygen atoms in total. The number of rotatable bonds is 3. The number of hydrogen-bond donors (Lipinski definition) is 2. The van der Waals surface area contributed by atoms with Crippen molar-refractivity contribution in [3.63, 3.8) is 0 Å². The Bertz CT molecular complexity index is 838. The van der Waals surface area contributed by atoms with E-state index in [0.29, 0.717) is 11.6 Å². The second-order valence-corrected chi connectivity index (χ2v) is 6.21. The Balaban J connectivity index is 1.68. The fraction of sp³-hybridized carbons (Fsp3) is 0.200. The zero-order chi connectivity index (χ0) is 16.4. The summed E-state index contributed by atoms with van der Waals surface area (Å²) in [5, 5.41) is 13.9. The maximum absolute atomic E-state index is 11.9. The van der Waals surface area contributed by atoms with Crippen LogP contribution in [0, 0.1) is 20.8 Å². The Morgan fingerprint density at radius 2 is 1.83 bits per heavy atom. The molecule has 2 amide bonds. The van der Waals surface area contributed by atoms with Crippen molar-refractivity contribution in [2.75, 3.05) is 10.6 Å². The number of aromatic nitrogens is 3. The lowest BCUT2D eigenvalue weighted by molar-refractivity contribution is 0.261. The Hall–Kier alpha value is -2.74. The second kappa shape index (κ2) is 6.17. The first kappa shape index (κ1) is 15.2. The lowest BCUT2D eigenvalue weighted by atomic mass is 10.2. The summed E-state index contributed by atoms with van der Waals surface area (Å²) < 4.78 is 5.47. The predicted octanol–water partition coefficient (Wildman–Crippen LogP) is 3.76. The van der Waals surface area contributed by atoms with E-state index in [-0.39, 0.29) is 6.01 Å². The highest BCUT2D eigenvalue weighted by atomic mass is 32.1. The van der Waals surface area contributed by atoms with Gasteiger partial charge >= 0.3 is 12.0 Å². The zero-order valence-electron chi connectivity index (χ0n) is 12.9. The van der Waals surface area contributed by atoms with Crippen molar-refractivity contribution in [2.24, 2.45) is 0 Å². The van der Waals surface area contributed by atoms with Crippen LogP contribution in [0.25, 0.3) is 10.8 Å². The zero-order valence-corrected chi connectivity index (χ0v) is 13.7. The molecule has 0 atom stereocenters. The van der Waals surface area contributed by atoms with Crippen LogP contribution in [0.1, 0.15) is 16.3 Å². The summed E-state index contributed by atoms with van der Waals surface area (Å²) in [6.45, 7) is 5.76. The molecule has 0 fully saturated rings. The molecule has 0 radical (unpaired) electrons. The smallest absolute Gasteiger partial charge is 0.327 e. The van der Waals surface area contributed by atoms with Crippen LogP contribution in [-0.4, -0.2) is 21.2 Å². The molecule has 3 rings (SSSR count). The largest absolute Gasteiger partial charge is 0.402 e. The number of nitrogens with zero attached hydrogens (tertiary/aromatic N) is 3. The molecule has 1 aromatic carbocycles. The standard InChI is InChI=1S/C15H15N5O2S/c1-8-4-6-11(7-5-8)17-14(21)18-15-20-19-13(22-15)12-9(2)16-10(3)23-12/h4-7H,1-3H3,(H2,17,18,20,21). The Morgan fingerprint density at radius 1 is 1.09 bits per heavy atom. The first-order valence-electron chi connectivity index (χ1n) is 6.94. The van der Waals surface area contributed by atoms with Gasteiger partial charge < -0.3 is 9.73 Å². The van der Waals surface area contributed by atoms with E-state index in [1.54, 1.807) is 0 Å². The quantitative estimate of drug-likeness (QED) is 0.763. The molecule has 2 N–H and O–H groups in total. The lowest BCUT2D eigenvalue weighted by Gasteiger charge is -2.04. The van der Waals surface area contributed by atoms with E-state index in [4.69, 9.17) is 4.42 Å². The molecule has 3 aromatic rings. The van der Waals surface area contributed by atoms with Crippen LogP contribution in [0.4, 0.5) is 16.5 Å². The summed E-state index contributed by atoms with van der Waals surface area (Å²) >= 11 is 1.47. The summed E-state index contributed by atoms with van der Waals surface area (Å²) in [5.41, 5.74) is 2.63. The van der Waals surface area contributed by atoms with Crippen molar-refractivity contribution in [3.05, 3.63) is 40.5 Å². The SMILES string of the molecule is Cc1ccc(NC(=O)Nc2nnc(-c3sc(C)nc3C)o2)cc1. The van der Waals surface area contributed by atoms with Crippen LogP contribution < -0.4 is 10.6 Å². The van der Waals surface area contributed by atoms with Crippen molar-refractivity contribution < 1.29 is 9.21 Å². The Morgan fingerprint density at radius 3 is 2.48 bits per heavy atom. The number of nitrogens with one attached hydrogen (secondary N) is 2. The van der Waals surface area contributed by atoms with Gasteiger partial charge in [0, 0.05) is 5.69 Å². The molecule has 0 unspecified atom stereocenters. The maximum atomic E-state index is 11.9. The summed E-state index contributed by atoms with van der Waals surface area (Å²) in [5.74, 6) is 0.346. The number of anilines is 2. The van der Waals surface area contributed by atoms with Gasteiger partial charge in [-0.05, 0) is 32.9 Å². The third-order valence-corrected chi connectivity index (χ3v) is 4.11. The molecule has 0 aliphatic heterocycles. The molecule has 2 aromatic heterocycles. The van der Waals surface area contributed by atoms with E-state index in [1.807, 2.05) is 45.0 Å². The number of hydrogen-bond acceptors (Lipinski definition) is 6. The van der Waals surface area contributed by atoms with E-state index in [0.717, 1.165) is 21.1 Å². The van der Waals surface area contributed by atoms with Crippen molar-refractivity contribution in [1.82, 2.24) is 15.2 Å². The molecule has 0 bridgehead atoms. The monoisotopic (exact) mass is 329 g/mol. The predicted molar refractivity (Wildman–Crippen MR) is 88.7 cm³/mol.